The molecular formula is C10H21F2N3O2S. The number of nitrogens with two attached hydrogens (primary N) is 1. The molecule has 0 aromatic rings. The summed E-state index contributed by atoms with van der Waals surface area (Å²) >= 11 is 0. The highest BCUT2D eigenvalue weighted by Crippen LogP contribution is 2.23. The summed E-state index contributed by atoms with van der Waals surface area (Å²) in [7, 11) is -2.43. The molecule has 1 aliphatic carbocycles. The quantitative estimate of drug-likeness (QED) is 0.753. The van der Waals surface area contributed by atoms with Crippen LogP contribution in [0.15, 0.2) is 0 Å². The van der Waals surface area contributed by atoms with Crippen LogP contribution >= 0.6 is 0 Å². The third kappa shape index (κ3) is 4.42. The van der Waals surface area contributed by atoms with Gasteiger partial charge in [0.15, 0.2) is 0 Å². The van der Waals surface area contributed by atoms with Crippen molar-refractivity contribution in [3.8, 4) is 0 Å². The Labute approximate surface area is 107 Å². The van der Waals surface area contributed by atoms with Crippen molar-refractivity contribution in [1.82, 2.24) is 9.03 Å². The van der Waals surface area contributed by atoms with Gasteiger partial charge in [0.05, 0.1) is 13.1 Å². The minimum absolute atomic E-state index is 0.0947. The number of nitrogens with zero attached hydrogens (tertiary/aromatic N) is 1. The van der Waals surface area contributed by atoms with E-state index in [0.29, 0.717) is 0 Å². The summed E-state index contributed by atoms with van der Waals surface area (Å²) in [5.41, 5.74) is 4.86. The van der Waals surface area contributed by atoms with Gasteiger partial charge in [-0.05, 0) is 12.8 Å². The summed E-state index contributed by atoms with van der Waals surface area (Å²) in [4.78, 5) is 0. The van der Waals surface area contributed by atoms with Gasteiger partial charge in [-0.2, -0.15) is 17.4 Å². The van der Waals surface area contributed by atoms with Crippen molar-refractivity contribution >= 4 is 10.2 Å². The first-order valence-electron chi connectivity index (χ1n) is 6.09. The average Bonchev–Trinajstić information content (AvgIpc) is 2.37. The second-order valence-electron chi connectivity index (χ2n) is 4.69. The lowest BCUT2D eigenvalue weighted by Gasteiger charge is -2.30. The van der Waals surface area contributed by atoms with E-state index in [-0.39, 0.29) is 6.04 Å². The standard InChI is InChI=1S/C10H21F2N3O2S/c1-15(9-5-3-2-4-6-9)18(16,17)14-8-10(11,12)7-13/h9,14H,2-8,13H2,1H3. The molecule has 1 fully saturated rings. The summed E-state index contributed by atoms with van der Waals surface area (Å²) in [5, 5.41) is 0. The molecule has 0 amide bonds. The van der Waals surface area contributed by atoms with E-state index < -0.39 is 29.2 Å². The van der Waals surface area contributed by atoms with Gasteiger partial charge in [0, 0.05) is 13.1 Å². The van der Waals surface area contributed by atoms with Crippen LogP contribution in [0.3, 0.4) is 0 Å². The first kappa shape index (κ1) is 15.7. The molecule has 0 aromatic carbocycles. The number of hydrogen-bond donors (Lipinski definition) is 2. The lowest BCUT2D eigenvalue weighted by Crippen LogP contribution is -2.49. The van der Waals surface area contributed by atoms with Crippen LogP contribution in [0, 0.1) is 0 Å². The van der Waals surface area contributed by atoms with E-state index in [1.54, 1.807) is 0 Å². The minimum atomic E-state index is -3.86. The zero-order valence-corrected chi connectivity index (χ0v) is 11.3. The van der Waals surface area contributed by atoms with Crippen molar-refractivity contribution in [2.24, 2.45) is 5.73 Å². The Bertz CT molecular complexity index is 356. The van der Waals surface area contributed by atoms with Crippen molar-refractivity contribution < 1.29 is 17.2 Å². The van der Waals surface area contributed by atoms with Gasteiger partial charge in [-0.15, -0.1) is 0 Å². The Balaban J connectivity index is 2.56. The van der Waals surface area contributed by atoms with E-state index in [1.807, 2.05) is 4.72 Å². The van der Waals surface area contributed by atoms with Crippen LogP contribution in [-0.2, 0) is 10.2 Å². The molecular weight excluding hydrogens is 264 g/mol. The number of hydrogen-bond acceptors (Lipinski definition) is 3. The fourth-order valence-electron chi connectivity index (χ4n) is 2.01. The van der Waals surface area contributed by atoms with Crippen LogP contribution in [0.2, 0.25) is 0 Å². The van der Waals surface area contributed by atoms with Crippen molar-refractivity contribution in [2.75, 3.05) is 20.1 Å². The molecule has 0 unspecified atom stereocenters. The largest absolute Gasteiger partial charge is 0.325 e. The maximum atomic E-state index is 12.9. The normalized spacial score (nSPS) is 19.4. The third-order valence-corrected chi connectivity index (χ3v) is 4.85. The summed E-state index contributed by atoms with van der Waals surface area (Å²) in [6.45, 7) is -1.83. The first-order valence-corrected chi connectivity index (χ1v) is 7.53. The molecule has 0 spiro atoms. The van der Waals surface area contributed by atoms with Crippen molar-refractivity contribution in [1.29, 1.82) is 0 Å². The highest BCUT2D eigenvalue weighted by molar-refractivity contribution is 7.87. The zero-order valence-electron chi connectivity index (χ0n) is 10.5. The number of nitrogens with one attached hydrogen (secondary N) is 1. The van der Waals surface area contributed by atoms with Gasteiger partial charge in [0.1, 0.15) is 0 Å². The molecule has 18 heavy (non-hydrogen) atoms. The molecule has 1 rings (SSSR count). The Morgan fingerprint density at radius 2 is 1.89 bits per heavy atom. The van der Waals surface area contributed by atoms with E-state index in [1.165, 1.54) is 11.4 Å². The van der Waals surface area contributed by atoms with Crippen molar-refractivity contribution in [3.05, 3.63) is 0 Å². The molecule has 1 saturated carbocycles. The molecule has 0 aliphatic heterocycles. The monoisotopic (exact) mass is 285 g/mol. The Hall–Kier alpha value is -0.310. The van der Waals surface area contributed by atoms with E-state index in [9.17, 15) is 17.2 Å². The predicted molar refractivity (Wildman–Crippen MR) is 65.6 cm³/mol. The van der Waals surface area contributed by atoms with Crippen LogP contribution in [0.1, 0.15) is 32.1 Å². The van der Waals surface area contributed by atoms with E-state index >= 15 is 0 Å². The molecule has 0 heterocycles. The van der Waals surface area contributed by atoms with Crippen LogP contribution in [0.25, 0.3) is 0 Å². The minimum Gasteiger partial charge on any atom is -0.325 e. The predicted octanol–water partition coefficient (Wildman–Crippen LogP) is 0.679. The Morgan fingerprint density at radius 1 is 1.33 bits per heavy atom. The fourth-order valence-corrected chi connectivity index (χ4v) is 3.21. The lowest BCUT2D eigenvalue weighted by atomic mass is 9.96. The second kappa shape index (κ2) is 6.23. The first-order chi connectivity index (χ1) is 8.28. The SMILES string of the molecule is CN(C1CCCCC1)S(=O)(=O)NCC(F)(F)CN. The maximum Gasteiger partial charge on any atom is 0.279 e. The Morgan fingerprint density at radius 3 is 2.39 bits per heavy atom. The summed E-state index contributed by atoms with van der Waals surface area (Å²) in [5.74, 6) is -3.21. The van der Waals surface area contributed by atoms with Gasteiger partial charge < -0.3 is 5.73 Å². The number of halogens is 2. The van der Waals surface area contributed by atoms with Gasteiger partial charge in [0.25, 0.3) is 16.1 Å². The van der Waals surface area contributed by atoms with E-state index in [0.717, 1.165) is 32.1 Å². The summed E-state index contributed by atoms with van der Waals surface area (Å²) in [6, 6.07) is -0.0947. The zero-order chi connectivity index (χ0) is 13.8. The summed E-state index contributed by atoms with van der Waals surface area (Å²) in [6.07, 6.45) is 4.62. The second-order valence-corrected chi connectivity index (χ2v) is 6.51. The third-order valence-electron chi connectivity index (χ3n) is 3.28. The van der Waals surface area contributed by atoms with E-state index in [2.05, 4.69) is 0 Å². The molecule has 0 aromatic heterocycles. The van der Waals surface area contributed by atoms with Crippen molar-refractivity contribution in [2.45, 2.75) is 44.1 Å². The number of rotatable bonds is 6. The molecule has 3 N–H and O–H groups in total. The molecule has 0 atom stereocenters. The highest BCUT2D eigenvalue weighted by Gasteiger charge is 2.32. The topological polar surface area (TPSA) is 75.4 Å². The molecule has 0 bridgehead atoms. The number of alkyl halides is 2. The molecule has 5 nitrogen and oxygen atoms in total. The van der Waals surface area contributed by atoms with Gasteiger partial charge in [-0.3, -0.25) is 0 Å². The smallest absolute Gasteiger partial charge is 0.279 e. The van der Waals surface area contributed by atoms with Crippen LogP contribution in [-0.4, -0.2) is 44.8 Å². The van der Waals surface area contributed by atoms with Crippen molar-refractivity contribution in [3.63, 3.8) is 0 Å². The molecule has 0 saturated heterocycles. The highest BCUT2D eigenvalue weighted by atomic mass is 32.2. The fraction of sp³-hybridized carbons (Fsp3) is 1.00. The van der Waals surface area contributed by atoms with Gasteiger partial charge in [-0.25, -0.2) is 8.78 Å². The van der Waals surface area contributed by atoms with Gasteiger partial charge in [0.2, 0.25) is 0 Å². The molecule has 0 radical (unpaired) electrons. The van der Waals surface area contributed by atoms with Gasteiger partial charge in [-0.1, -0.05) is 19.3 Å². The maximum absolute atomic E-state index is 12.9. The van der Waals surface area contributed by atoms with Crippen LogP contribution in [0.4, 0.5) is 8.78 Å². The molecule has 8 heteroatoms. The lowest BCUT2D eigenvalue weighted by molar-refractivity contribution is 0.0166. The van der Waals surface area contributed by atoms with Crippen LogP contribution < -0.4 is 10.5 Å². The summed E-state index contributed by atoms with van der Waals surface area (Å²) < 4.78 is 52.6. The van der Waals surface area contributed by atoms with E-state index in [4.69, 9.17) is 5.73 Å². The van der Waals surface area contributed by atoms with Gasteiger partial charge >= 0.3 is 0 Å². The average molecular weight is 285 g/mol. The molecule has 108 valence electrons. The molecule has 1 aliphatic rings. The Kier molecular flexibility index (Phi) is 5.45. The van der Waals surface area contributed by atoms with Crippen LogP contribution in [0.5, 0.6) is 0 Å².